The van der Waals surface area contributed by atoms with Gasteiger partial charge in [0.1, 0.15) is 18.3 Å². The van der Waals surface area contributed by atoms with Crippen LogP contribution in [0.2, 0.25) is 0 Å². The summed E-state index contributed by atoms with van der Waals surface area (Å²) in [5.74, 6) is 5.80. The second-order valence-corrected chi connectivity index (χ2v) is 19.5. The molecule has 5 aliphatic carbocycles. The fraction of sp³-hybridized carbons (Fsp3) is 0.851. The number of carbonyl (C=O) groups is 1. The molecule has 1 heterocycles. The summed E-state index contributed by atoms with van der Waals surface area (Å²) < 4.78 is 6.11. The van der Waals surface area contributed by atoms with Crippen LogP contribution in [0, 0.1) is 58.2 Å². The van der Waals surface area contributed by atoms with Crippen LogP contribution in [0.3, 0.4) is 0 Å². The third-order valence-electron chi connectivity index (χ3n) is 15.8. The Balaban J connectivity index is 0.912. The molecule has 13 atom stereocenters. The van der Waals surface area contributed by atoms with Crippen LogP contribution in [-0.2, 0) is 24.2 Å². The van der Waals surface area contributed by atoms with Crippen molar-refractivity contribution in [1.29, 1.82) is 0 Å². The second-order valence-electron chi connectivity index (χ2n) is 19.5. The molecule has 0 amide bonds. The molecule has 4 saturated carbocycles. The third-order valence-corrected chi connectivity index (χ3v) is 15.8. The molecule has 0 spiro atoms. The van der Waals surface area contributed by atoms with Gasteiger partial charge in [-0.05, 0) is 123 Å². The minimum atomic E-state index is -0.393. The predicted molar refractivity (Wildman–Crippen MR) is 213 cm³/mol. The summed E-state index contributed by atoms with van der Waals surface area (Å²) in [6.45, 7) is 14.8. The summed E-state index contributed by atoms with van der Waals surface area (Å²) in [5.41, 5.74) is 2.39. The van der Waals surface area contributed by atoms with Crippen molar-refractivity contribution in [3.8, 4) is 0 Å². The van der Waals surface area contributed by atoms with Crippen LogP contribution in [0.4, 0.5) is 0 Å². The van der Waals surface area contributed by atoms with E-state index in [4.69, 9.17) is 19.4 Å². The van der Waals surface area contributed by atoms with E-state index < -0.39 is 6.10 Å². The zero-order valence-electron chi connectivity index (χ0n) is 34.4. The lowest BCUT2D eigenvalue weighted by Gasteiger charge is -2.58. The molecule has 1 aliphatic heterocycles. The quantitative estimate of drug-likeness (QED) is 0.0468. The van der Waals surface area contributed by atoms with Crippen LogP contribution in [0.5, 0.6) is 0 Å². The predicted octanol–water partition coefficient (Wildman–Crippen LogP) is 12.4. The number of fused-ring (bicyclic) bond motifs is 7. The zero-order chi connectivity index (χ0) is 37.6. The number of unbranched alkanes of at least 4 members (excludes halogenated alkanes) is 3. The number of esters is 1. The van der Waals surface area contributed by atoms with Crippen LogP contribution in [-0.4, -0.2) is 35.6 Å². The first-order valence-corrected chi connectivity index (χ1v) is 22.4. The van der Waals surface area contributed by atoms with Crippen molar-refractivity contribution in [3.63, 3.8) is 0 Å². The van der Waals surface area contributed by atoms with E-state index in [9.17, 15) is 10.1 Å². The SMILES string of the molecule is CCCCCC1C(/C=C/C(C/C=C\CCCC(=O)O[C@H]2CC[C@@]3(C)C(=CC[C@H]4[C@@H]5CC[C@H]([C@H](C)CCCC(C)C)[C@@]5(C)CC[C@@H]43)C2)OO)[C@@H]2C[C@H]1OO2. The van der Waals surface area contributed by atoms with E-state index in [1.807, 2.05) is 6.08 Å². The molecule has 1 saturated heterocycles. The van der Waals surface area contributed by atoms with E-state index in [2.05, 4.69) is 65.8 Å². The summed E-state index contributed by atoms with van der Waals surface area (Å²) in [4.78, 5) is 28.8. The van der Waals surface area contributed by atoms with Crippen LogP contribution in [0.25, 0.3) is 0 Å². The number of rotatable bonds is 19. The van der Waals surface area contributed by atoms with Gasteiger partial charge in [0.05, 0.1) is 6.10 Å². The minimum Gasteiger partial charge on any atom is -0.462 e. The molecule has 2 bridgehead atoms. The van der Waals surface area contributed by atoms with E-state index in [-0.39, 0.29) is 29.7 Å². The molecule has 0 aromatic carbocycles. The molecule has 300 valence electrons. The molecule has 6 nitrogen and oxygen atoms in total. The maximum atomic E-state index is 12.9. The van der Waals surface area contributed by atoms with Crippen LogP contribution >= 0.6 is 0 Å². The van der Waals surface area contributed by atoms with Crippen molar-refractivity contribution >= 4 is 5.97 Å². The van der Waals surface area contributed by atoms with Crippen molar-refractivity contribution < 1.29 is 29.5 Å². The van der Waals surface area contributed by atoms with Crippen molar-refractivity contribution in [3.05, 3.63) is 36.0 Å². The van der Waals surface area contributed by atoms with Gasteiger partial charge in [-0.25, -0.2) is 14.7 Å². The number of hydrogen-bond acceptors (Lipinski definition) is 6. The highest BCUT2D eigenvalue weighted by atomic mass is 17.2. The Kier molecular flexibility index (Phi) is 14.5. The second kappa shape index (κ2) is 18.6. The largest absolute Gasteiger partial charge is 0.462 e. The van der Waals surface area contributed by atoms with Crippen LogP contribution in [0.1, 0.15) is 170 Å². The lowest BCUT2D eigenvalue weighted by Crippen LogP contribution is -2.51. The molecule has 0 aromatic rings. The lowest BCUT2D eigenvalue weighted by atomic mass is 9.47. The molecule has 1 N–H and O–H groups in total. The Morgan fingerprint density at radius 1 is 0.981 bits per heavy atom. The van der Waals surface area contributed by atoms with Crippen molar-refractivity contribution in [1.82, 2.24) is 0 Å². The first kappa shape index (κ1) is 41.2. The van der Waals surface area contributed by atoms with Gasteiger partial charge in [-0.1, -0.05) is 116 Å². The summed E-state index contributed by atoms with van der Waals surface area (Å²) in [6.07, 6.45) is 33.4. The Bertz CT molecular complexity index is 1270. The summed E-state index contributed by atoms with van der Waals surface area (Å²) in [6, 6.07) is 0. The van der Waals surface area contributed by atoms with Crippen molar-refractivity contribution in [2.24, 2.45) is 58.2 Å². The van der Waals surface area contributed by atoms with Gasteiger partial charge in [0.2, 0.25) is 0 Å². The molecular formula is C47H76O6. The van der Waals surface area contributed by atoms with Crippen LogP contribution < -0.4 is 0 Å². The average Bonchev–Trinajstić information content (AvgIpc) is 3.84. The highest BCUT2D eigenvalue weighted by molar-refractivity contribution is 5.69. The van der Waals surface area contributed by atoms with E-state index in [0.29, 0.717) is 30.1 Å². The summed E-state index contributed by atoms with van der Waals surface area (Å²) in [7, 11) is 0. The van der Waals surface area contributed by atoms with E-state index >= 15 is 0 Å². The smallest absolute Gasteiger partial charge is 0.306 e. The standard InChI is InChI=1S/C47H76O6/c1-7-8-11-18-37-38(44-31-43(37)52-53-44)23-21-35(51-49)17-12-9-10-13-19-45(48)50-36-26-28-46(5)34(30-36)20-22-39-41-25-24-40(33(4)16-14-15-32(2)3)47(41,6)29-27-42(39)46/h9,12,20-21,23,32-33,35-44,49H,7-8,10-11,13-19,22,24-31H2,1-6H3/b12-9-,23-21+/t33-,35?,36+,37?,38?,39+,40-,41+,42+,43-,44+,46+,47-/m1/s1. The average molecular weight is 737 g/mol. The van der Waals surface area contributed by atoms with Gasteiger partial charge in [0.15, 0.2) is 0 Å². The monoisotopic (exact) mass is 737 g/mol. The van der Waals surface area contributed by atoms with Gasteiger partial charge < -0.3 is 4.74 Å². The summed E-state index contributed by atoms with van der Waals surface area (Å²) in [5, 5.41) is 9.55. The van der Waals surface area contributed by atoms with Gasteiger partial charge in [-0.15, -0.1) is 0 Å². The first-order valence-electron chi connectivity index (χ1n) is 22.4. The molecule has 0 radical (unpaired) electrons. The minimum absolute atomic E-state index is 0.0258. The molecular weight excluding hydrogens is 661 g/mol. The lowest BCUT2D eigenvalue weighted by molar-refractivity contribution is -0.337. The highest BCUT2D eigenvalue weighted by Gasteiger charge is 2.59. The molecule has 3 unspecified atom stereocenters. The number of carbonyl (C=O) groups excluding carboxylic acids is 1. The molecule has 6 aliphatic rings. The summed E-state index contributed by atoms with van der Waals surface area (Å²) >= 11 is 0. The number of allylic oxidation sites excluding steroid dienone is 2. The fourth-order valence-electron chi connectivity index (χ4n) is 12.8. The van der Waals surface area contributed by atoms with Gasteiger partial charge in [0.25, 0.3) is 0 Å². The van der Waals surface area contributed by atoms with Gasteiger partial charge >= 0.3 is 5.97 Å². The Morgan fingerprint density at radius 2 is 1.81 bits per heavy atom. The maximum absolute atomic E-state index is 12.9. The maximum Gasteiger partial charge on any atom is 0.306 e. The van der Waals surface area contributed by atoms with E-state index in [1.54, 1.807) is 5.57 Å². The van der Waals surface area contributed by atoms with Gasteiger partial charge in [-0.3, -0.25) is 10.1 Å². The Morgan fingerprint density at radius 3 is 2.60 bits per heavy atom. The third kappa shape index (κ3) is 9.40. The van der Waals surface area contributed by atoms with E-state index in [1.165, 1.54) is 70.6 Å². The molecule has 6 heteroatoms. The van der Waals surface area contributed by atoms with Crippen LogP contribution in [0.15, 0.2) is 36.0 Å². The van der Waals surface area contributed by atoms with Crippen molar-refractivity contribution in [2.75, 3.05) is 0 Å². The Labute approximate surface area is 323 Å². The van der Waals surface area contributed by atoms with E-state index in [0.717, 1.165) is 80.5 Å². The van der Waals surface area contributed by atoms with Crippen molar-refractivity contribution in [2.45, 2.75) is 194 Å². The Hall–Kier alpha value is -1.47. The van der Waals surface area contributed by atoms with Gasteiger partial charge in [-0.2, -0.15) is 0 Å². The first-order chi connectivity index (χ1) is 25.6. The topological polar surface area (TPSA) is 74.2 Å². The fourth-order valence-corrected chi connectivity index (χ4v) is 12.8. The molecule has 6 rings (SSSR count). The van der Waals surface area contributed by atoms with Gasteiger partial charge in [0, 0.05) is 25.2 Å². The molecule has 5 fully saturated rings. The highest BCUT2D eigenvalue weighted by Crippen LogP contribution is 2.67. The number of hydrogen-bond donors (Lipinski definition) is 1. The normalized spacial score (nSPS) is 38.9. The molecule has 0 aromatic heterocycles. The zero-order valence-corrected chi connectivity index (χ0v) is 34.4. The number of ether oxygens (including phenoxy) is 1. The molecule has 53 heavy (non-hydrogen) atoms.